The number of aromatic nitrogens is 2. The minimum atomic E-state index is -0.123. The number of rotatable bonds is 3. The van der Waals surface area contributed by atoms with Gasteiger partial charge in [0, 0.05) is 60.1 Å². The maximum Gasteiger partial charge on any atom is 0.252 e. The summed E-state index contributed by atoms with van der Waals surface area (Å²) in [6.07, 6.45) is 0. The summed E-state index contributed by atoms with van der Waals surface area (Å²) in [5.74, 6) is 0. The summed E-state index contributed by atoms with van der Waals surface area (Å²) >= 11 is 1.94. The van der Waals surface area contributed by atoms with E-state index in [-0.39, 0.29) is 23.0 Å². The molecule has 0 saturated carbocycles. The number of nitrogens with zero attached hydrogens (tertiary/aromatic N) is 3. The molecule has 0 unspecified atom stereocenters. The molecule has 1 aliphatic carbocycles. The fourth-order valence-electron chi connectivity index (χ4n) is 11.9. The highest BCUT2D eigenvalue weighted by molar-refractivity contribution is 7.27. The molecule has 0 amide bonds. The normalized spacial score (nSPS) is 14.5. The standard InChI is InChI=1S/C58H50BN3S/c1-33-31-45-50-46(32-33)62-53-39-16-11-13-20-47(39)63-55(53)48-44(60(36-25-21-34(22-26-36)56(2,3)4)37-27-23-35(24-28-37)57(5,6)7)30-29-43(54(48)62)59(50)42-19-14-17-40-49-52(61(45)51(40)42)38-15-10-12-18-41(38)58(49,8)9/h10-32H,1-9H3. The van der Waals surface area contributed by atoms with Gasteiger partial charge in [-0.05, 0) is 110 Å². The molecule has 5 heteroatoms. The molecule has 0 saturated heterocycles. The van der Waals surface area contributed by atoms with Crippen molar-refractivity contribution < 1.29 is 0 Å². The minimum absolute atomic E-state index is 0.0520. The lowest BCUT2D eigenvalue weighted by atomic mass is 9.34. The molecule has 13 rings (SSSR count). The highest BCUT2D eigenvalue weighted by Gasteiger charge is 2.47. The summed E-state index contributed by atoms with van der Waals surface area (Å²) < 4.78 is 8.01. The highest BCUT2D eigenvalue weighted by atomic mass is 32.1. The van der Waals surface area contributed by atoms with Crippen LogP contribution >= 0.6 is 11.3 Å². The van der Waals surface area contributed by atoms with Gasteiger partial charge in [-0.25, -0.2) is 0 Å². The van der Waals surface area contributed by atoms with Crippen molar-refractivity contribution in [2.45, 2.75) is 78.6 Å². The molecule has 5 heterocycles. The summed E-state index contributed by atoms with van der Waals surface area (Å²) in [4.78, 5) is 2.53. The van der Waals surface area contributed by atoms with Crippen molar-refractivity contribution in [1.29, 1.82) is 0 Å². The molecule has 0 spiro atoms. The molecule has 3 nitrogen and oxygen atoms in total. The van der Waals surface area contributed by atoms with E-state index < -0.39 is 0 Å². The van der Waals surface area contributed by atoms with Crippen molar-refractivity contribution in [3.63, 3.8) is 0 Å². The Balaban J connectivity index is 1.16. The Kier molecular flexibility index (Phi) is 7.24. The van der Waals surface area contributed by atoms with E-state index in [1.165, 1.54) is 115 Å². The number of hydrogen-bond acceptors (Lipinski definition) is 2. The van der Waals surface area contributed by atoms with Crippen LogP contribution in [0.5, 0.6) is 0 Å². The van der Waals surface area contributed by atoms with Gasteiger partial charge in [0.05, 0.1) is 27.1 Å². The van der Waals surface area contributed by atoms with Gasteiger partial charge < -0.3 is 14.0 Å². The van der Waals surface area contributed by atoms with Crippen LogP contribution in [0.2, 0.25) is 0 Å². The average Bonchev–Trinajstić information content (AvgIpc) is 3.98. The Hall–Kier alpha value is -6.30. The van der Waals surface area contributed by atoms with Crippen LogP contribution in [0.25, 0.3) is 64.7 Å². The molecule has 3 aromatic heterocycles. The zero-order chi connectivity index (χ0) is 43.1. The number of para-hydroxylation sites is 1. The molecule has 306 valence electrons. The van der Waals surface area contributed by atoms with Gasteiger partial charge in [-0.2, -0.15) is 0 Å². The third-order valence-electron chi connectivity index (χ3n) is 14.8. The summed E-state index contributed by atoms with van der Waals surface area (Å²) in [5.41, 5.74) is 23.8. The van der Waals surface area contributed by atoms with E-state index >= 15 is 0 Å². The van der Waals surface area contributed by atoms with E-state index in [1.54, 1.807) is 0 Å². The second kappa shape index (κ2) is 12.2. The Morgan fingerprint density at radius 3 is 1.87 bits per heavy atom. The largest absolute Gasteiger partial charge is 0.310 e. The van der Waals surface area contributed by atoms with Crippen molar-refractivity contribution in [2.24, 2.45) is 0 Å². The van der Waals surface area contributed by atoms with Gasteiger partial charge in [-0.3, -0.25) is 0 Å². The first-order valence-electron chi connectivity index (χ1n) is 22.6. The first kappa shape index (κ1) is 37.3. The summed E-state index contributed by atoms with van der Waals surface area (Å²) in [5, 5.41) is 4.01. The van der Waals surface area contributed by atoms with Gasteiger partial charge in [-0.15, -0.1) is 11.3 Å². The summed E-state index contributed by atoms with van der Waals surface area (Å²) in [6.45, 7) is 21.0. The van der Waals surface area contributed by atoms with Gasteiger partial charge in [0.2, 0.25) is 0 Å². The van der Waals surface area contributed by atoms with E-state index in [2.05, 4.69) is 216 Å². The summed E-state index contributed by atoms with van der Waals surface area (Å²) in [7, 11) is 0. The van der Waals surface area contributed by atoms with Crippen LogP contribution in [0, 0.1) is 6.92 Å². The average molecular weight is 832 g/mol. The van der Waals surface area contributed by atoms with Crippen LogP contribution in [0.3, 0.4) is 0 Å². The number of hydrogen-bond donors (Lipinski definition) is 0. The Morgan fingerprint density at radius 1 is 0.587 bits per heavy atom. The highest BCUT2D eigenvalue weighted by Crippen LogP contribution is 2.55. The Labute approximate surface area is 374 Å². The number of thiophene rings is 1. The first-order valence-corrected chi connectivity index (χ1v) is 23.5. The molecule has 0 bridgehead atoms. The molecule has 0 atom stereocenters. The lowest BCUT2D eigenvalue weighted by Crippen LogP contribution is -2.59. The van der Waals surface area contributed by atoms with Crippen LogP contribution in [-0.2, 0) is 16.2 Å². The zero-order valence-electron chi connectivity index (χ0n) is 37.6. The maximum absolute atomic E-state index is 2.68. The molecule has 2 aliphatic heterocycles. The topological polar surface area (TPSA) is 13.1 Å². The van der Waals surface area contributed by atoms with Crippen LogP contribution in [0.15, 0.2) is 140 Å². The smallest absolute Gasteiger partial charge is 0.252 e. The number of benzene rings is 7. The number of fused-ring (bicyclic) bond motifs is 14. The lowest BCUT2D eigenvalue weighted by Gasteiger charge is -2.35. The maximum atomic E-state index is 2.68. The van der Waals surface area contributed by atoms with E-state index in [4.69, 9.17) is 0 Å². The molecule has 0 fully saturated rings. The van der Waals surface area contributed by atoms with Crippen LogP contribution in [-0.4, -0.2) is 15.8 Å². The van der Waals surface area contributed by atoms with Crippen molar-refractivity contribution in [2.75, 3.05) is 4.90 Å². The Morgan fingerprint density at radius 2 is 1.19 bits per heavy atom. The fraction of sp³-hybridized carbons (Fsp3) is 0.207. The molecular weight excluding hydrogens is 782 g/mol. The van der Waals surface area contributed by atoms with E-state index in [0.717, 1.165) is 11.4 Å². The molecule has 3 aliphatic rings. The SMILES string of the molecule is Cc1cc2c3c(c1)-n1c4c(ccc(N(c5ccc(C(C)(C)C)cc5)c5ccc(C(C)(C)C)cc5)c4c4sc5ccccc5c41)B3c1cccc3c4c(n-2c13)-c1ccccc1C4(C)C. The van der Waals surface area contributed by atoms with Crippen molar-refractivity contribution in [3.05, 3.63) is 167 Å². The number of aryl methyl sites for hydroxylation is 1. The van der Waals surface area contributed by atoms with E-state index in [0.29, 0.717) is 0 Å². The zero-order valence-corrected chi connectivity index (χ0v) is 38.4. The van der Waals surface area contributed by atoms with Gasteiger partial charge in [0.15, 0.2) is 0 Å². The minimum Gasteiger partial charge on any atom is -0.310 e. The molecular formula is C58H50BN3S. The predicted octanol–water partition coefficient (Wildman–Crippen LogP) is 13.8. The van der Waals surface area contributed by atoms with Crippen LogP contribution < -0.4 is 21.3 Å². The van der Waals surface area contributed by atoms with Gasteiger partial charge >= 0.3 is 0 Å². The van der Waals surface area contributed by atoms with Gasteiger partial charge in [0.25, 0.3) is 6.71 Å². The van der Waals surface area contributed by atoms with Crippen molar-refractivity contribution in [1.82, 2.24) is 9.13 Å². The van der Waals surface area contributed by atoms with Crippen molar-refractivity contribution >= 4 is 93.6 Å². The molecule has 63 heavy (non-hydrogen) atoms. The first-order chi connectivity index (χ1) is 30.2. The molecule has 0 N–H and O–H groups in total. The van der Waals surface area contributed by atoms with Crippen LogP contribution in [0.4, 0.5) is 17.1 Å². The summed E-state index contributed by atoms with van der Waals surface area (Å²) in [6, 6.07) is 53.9. The van der Waals surface area contributed by atoms with Gasteiger partial charge in [0.1, 0.15) is 0 Å². The molecule has 0 radical (unpaired) electrons. The van der Waals surface area contributed by atoms with Gasteiger partial charge in [-0.1, -0.05) is 146 Å². The Bertz CT molecular complexity index is 3560. The predicted molar refractivity (Wildman–Crippen MR) is 272 cm³/mol. The van der Waals surface area contributed by atoms with Crippen LogP contribution in [0.1, 0.15) is 83.2 Å². The van der Waals surface area contributed by atoms with Crippen molar-refractivity contribution in [3.8, 4) is 22.6 Å². The number of anilines is 3. The lowest BCUT2D eigenvalue weighted by molar-refractivity contribution is 0.590. The van der Waals surface area contributed by atoms with E-state index in [9.17, 15) is 0 Å². The third kappa shape index (κ3) is 4.81. The second-order valence-corrected chi connectivity index (χ2v) is 22.1. The third-order valence-corrected chi connectivity index (χ3v) is 16.0. The molecule has 7 aromatic carbocycles. The second-order valence-electron chi connectivity index (χ2n) is 21.1. The van der Waals surface area contributed by atoms with E-state index in [1.807, 2.05) is 11.3 Å². The quantitative estimate of drug-likeness (QED) is 0.162. The fourth-order valence-corrected chi connectivity index (χ4v) is 13.1. The monoisotopic (exact) mass is 831 g/mol. The molecule has 10 aromatic rings.